The maximum atomic E-state index is 12.4. The van der Waals surface area contributed by atoms with Crippen molar-refractivity contribution in [2.24, 2.45) is 12.8 Å². The van der Waals surface area contributed by atoms with Crippen molar-refractivity contribution in [3.05, 3.63) is 53.3 Å². The molecule has 6 heteroatoms. The minimum atomic E-state index is -4.31. The van der Waals surface area contributed by atoms with Gasteiger partial charge in [-0.05, 0) is 29.7 Å². The largest absolute Gasteiger partial charge is 0.416 e. The second kappa shape index (κ2) is 5.05. The molecule has 1 aromatic carbocycles. The fourth-order valence-electron chi connectivity index (χ4n) is 1.87. The van der Waals surface area contributed by atoms with Crippen molar-refractivity contribution in [1.29, 1.82) is 0 Å². The molecule has 2 aromatic rings. The third-order valence-corrected chi connectivity index (χ3v) is 2.88. The molecule has 0 aliphatic heterocycles. The van der Waals surface area contributed by atoms with Crippen molar-refractivity contribution in [2.75, 3.05) is 0 Å². The molecule has 0 radical (unpaired) electrons. The fraction of sp³-hybridized carbons (Fsp3) is 0.308. The lowest BCUT2D eigenvalue weighted by Gasteiger charge is -2.12. The highest BCUT2D eigenvalue weighted by Gasteiger charge is 2.30. The van der Waals surface area contributed by atoms with Gasteiger partial charge < -0.3 is 5.73 Å². The van der Waals surface area contributed by atoms with Gasteiger partial charge in [0.25, 0.3) is 0 Å². The first-order chi connectivity index (χ1) is 8.86. The van der Waals surface area contributed by atoms with Gasteiger partial charge in [0, 0.05) is 19.3 Å². The summed E-state index contributed by atoms with van der Waals surface area (Å²) < 4.78 is 38.9. The summed E-state index contributed by atoms with van der Waals surface area (Å²) in [4.78, 5) is 0. The smallest absolute Gasteiger partial charge is 0.324 e. The molecule has 0 bridgehead atoms. The number of benzene rings is 1. The predicted molar refractivity (Wildman–Crippen MR) is 65.3 cm³/mol. The van der Waals surface area contributed by atoms with E-state index in [2.05, 4.69) is 5.10 Å². The van der Waals surface area contributed by atoms with E-state index >= 15 is 0 Å². The molecule has 1 atom stereocenters. The van der Waals surface area contributed by atoms with Crippen LogP contribution in [0.25, 0.3) is 0 Å². The molecular formula is C13H14F3N3. The number of hydrogen-bond acceptors (Lipinski definition) is 2. The second-order valence-corrected chi connectivity index (χ2v) is 4.45. The second-order valence-electron chi connectivity index (χ2n) is 4.45. The molecule has 3 nitrogen and oxygen atoms in total. The number of nitrogens with two attached hydrogens (primary N) is 1. The lowest BCUT2D eigenvalue weighted by molar-refractivity contribution is -0.137. The Hall–Kier alpha value is -1.82. The van der Waals surface area contributed by atoms with Crippen LogP contribution >= 0.6 is 0 Å². The molecule has 0 amide bonds. The van der Waals surface area contributed by atoms with Crippen LogP contribution in [0.2, 0.25) is 0 Å². The molecule has 0 saturated heterocycles. The number of halogens is 3. The SMILES string of the molecule is Cn1cc(CC(N)c2ccc(C(F)(F)F)cc2)cn1. The summed E-state index contributed by atoms with van der Waals surface area (Å²) in [6.45, 7) is 0. The van der Waals surface area contributed by atoms with Gasteiger partial charge in [-0.25, -0.2) is 0 Å². The Labute approximate surface area is 108 Å². The maximum Gasteiger partial charge on any atom is 0.416 e. The van der Waals surface area contributed by atoms with E-state index in [9.17, 15) is 13.2 Å². The van der Waals surface area contributed by atoms with Crippen LogP contribution in [0.4, 0.5) is 13.2 Å². The first kappa shape index (κ1) is 13.6. The van der Waals surface area contributed by atoms with Gasteiger partial charge in [0.1, 0.15) is 0 Å². The Bertz CT molecular complexity index is 543. The van der Waals surface area contributed by atoms with Gasteiger partial charge in [-0.2, -0.15) is 18.3 Å². The van der Waals surface area contributed by atoms with E-state index in [-0.39, 0.29) is 6.04 Å². The Morgan fingerprint density at radius 3 is 2.37 bits per heavy atom. The number of aromatic nitrogens is 2. The van der Waals surface area contributed by atoms with E-state index in [0.717, 1.165) is 17.7 Å². The van der Waals surface area contributed by atoms with Crippen LogP contribution in [0.1, 0.15) is 22.7 Å². The van der Waals surface area contributed by atoms with Gasteiger partial charge in [0.2, 0.25) is 0 Å². The van der Waals surface area contributed by atoms with E-state index in [4.69, 9.17) is 5.73 Å². The lowest BCUT2D eigenvalue weighted by Crippen LogP contribution is -2.13. The molecule has 0 aliphatic carbocycles. The van der Waals surface area contributed by atoms with Gasteiger partial charge in [-0.1, -0.05) is 12.1 Å². The highest BCUT2D eigenvalue weighted by molar-refractivity contribution is 5.27. The van der Waals surface area contributed by atoms with E-state index in [0.29, 0.717) is 12.0 Å². The first-order valence-electron chi connectivity index (χ1n) is 5.76. The van der Waals surface area contributed by atoms with Gasteiger partial charge in [-0.15, -0.1) is 0 Å². The van der Waals surface area contributed by atoms with Gasteiger partial charge in [-0.3, -0.25) is 4.68 Å². The topological polar surface area (TPSA) is 43.8 Å². The Balaban J connectivity index is 2.09. The zero-order valence-corrected chi connectivity index (χ0v) is 10.4. The number of hydrogen-bond donors (Lipinski definition) is 1. The molecular weight excluding hydrogens is 255 g/mol. The number of aryl methyl sites for hydroxylation is 1. The Kier molecular flexibility index (Phi) is 3.61. The summed E-state index contributed by atoms with van der Waals surface area (Å²) in [5, 5.41) is 4.02. The van der Waals surface area contributed by atoms with E-state index in [1.54, 1.807) is 17.9 Å². The lowest BCUT2D eigenvalue weighted by atomic mass is 10.0. The predicted octanol–water partition coefficient (Wildman–Crippen LogP) is 2.68. The summed E-state index contributed by atoms with van der Waals surface area (Å²) in [5.74, 6) is 0. The highest BCUT2D eigenvalue weighted by Crippen LogP contribution is 2.30. The molecule has 0 saturated carbocycles. The van der Waals surface area contributed by atoms with Crippen molar-refractivity contribution < 1.29 is 13.2 Å². The minimum Gasteiger partial charge on any atom is -0.324 e. The van der Waals surface area contributed by atoms with Crippen LogP contribution in [0.3, 0.4) is 0 Å². The third-order valence-electron chi connectivity index (χ3n) is 2.88. The molecule has 1 aromatic heterocycles. The monoisotopic (exact) mass is 269 g/mol. The van der Waals surface area contributed by atoms with E-state index in [1.807, 2.05) is 6.20 Å². The van der Waals surface area contributed by atoms with Crippen LogP contribution in [0.5, 0.6) is 0 Å². The van der Waals surface area contributed by atoms with Crippen LogP contribution in [-0.2, 0) is 19.6 Å². The molecule has 1 unspecified atom stereocenters. The quantitative estimate of drug-likeness (QED) is 0.931. The number of alkyl halides is 3. The van der Waals surface area contributed by atoms with E-state index < -0.39 is 11.7 Å². The minimum absolute atomic E-state index is 0.341. The Morgan fingerprint density at radius 1 is 1.26 bits per heavy atom. The fourth-order valence-corrected chi connectivity index (χ4v) is 1.87. The van der Waals surface area contributed by atoms with E-state index in [1.165, 1.54) is 12.1 Å². The highest BCUT2D eigenvalue weighted by atomic mass is 19.4. The molecule has 1 heterocycles. The number of nitrogens with zero attached hydrogens (tertiary/aromatic N) is 2. The van der Waals surface area contributed by atoms with Crippen LogP contribution in [0.15, 0.2) is 36.7 Å². The number of rotatable bonds is 3. The van der Waals surface area contributed by atoms with Crippen molar-refractivity contribution in [1.82, 2.24) is 9.78 Å². The molecule has 19 heavy (non-hydrogen) atoms. The summed E-state index contributed by atoms with van der Waals surface area (Å²) in [7, 11) is 1.80. The Morgan fingerprint density at radius 2 is 1.89 bits per heavy atom. The average molecular weight is 269 g/mol. The molecule has 0 aliphatic rings. The van der Waals surface area contributed by atoms with Crippen molar-refractivity contribution in [3.63, 3.8) is 0 Å². The molecule has 0 fully saturated rings. The van der Waals surface area contributed by atoms with Crippen molar-refractivity contribution in [2.45, 2.75) is 18.6 Å². The molecule has 2 rings (SSSR count). The summed E-state index contributed by atoms with van der Waals surface area (Å²) in [6, 6.07) is 4.61. The standard InChI is InChI=1S/C13H14F3N3/c1-19-8-9(7-18-19)6-12(17)10-2-4-11(5-3-10)13(14,15)16/h2-5,7-8,12H,6,17H2,1H3. The zero-order chi connectivity index (χ0) is 14.0. The first-order valence-corrected chi connectivity index (χ1v) is 5.76. The van der Waals surface area contributed by atoms with Crippen LogP contribution in [-0.4, -0.2) is 9.78 Å². The summed E-state index contributed by atoms with van der Waals surface area (Å²) >= 11 is 0. The summed E-state index contributed by atoms with van der Waals surface area (Å²) in [6.07, 6.45) is -0.237. The summed E-state index contributed by atoms with van der Waals surface area (Å²) in [5.41, 5.74) is 6.95. The molecule has 0 spiro atoms. The molecule has 102 valence electrons. The van der Waals surface area contributed by atoms with Gasteiger partial charge in [0.15, 0.2) is 0 Å². The molecule has 2 N–H and O–H groups in total. The zero-order valence-electron chi connectivity index (χ0n) is 10.4. The van der Waals surface area contributed by atoms with Crippen LogP contribution < -0.4 is 5.73 Å². The van der Waals surface area contributed by atoms with Gasteiger partial charge in [0.05, 0.1) is 11.8 Å². The average Bonchev–Trinajstić information content (AvgIpc) is 2.74. The third kappa shape index (κ3) is 3.35. The normalized spacial score (nSPS) is 13.5. The van der Waals surface area contributed by atoms with Crippen molar-refractivity contribution >= 4 is 0 Å². The van der Waals surface area contributed by atoms with Crippen molar-refractivity contribution in [3.8, 4) is 0 Å². The van der Waals surface area contributed by atoms with Crippen LogP contribution in [0, 0.1) is 0 Å². The van der Waals surface area contributed by atoms with Gasteiger partial charge >= 0.3 is 6.18 Å². The maximum absolute atomic E-state index is 12.4.